The molecule has 0 nitrogen and oxygen atoms in total. The largest absolute Gasteiger partial charge is 0.0845 e. The first-order chi connectivity index (χ1) is 5.50. The van der Waals surface area contributed by atoms with Crippen LogP contribution in [0, 0.1) is 6.42 Å². The van der Waals surface area contributed by atoms with Crippen LogP contribution in [0.4, 0.5) is 0 Å². The van der Waals surface area contributed by atoms with Crippen LogP contribution in [0.25, 0.3) is 0 Å². The first kappa shape index (κ1) is 8.58. The second kappa shape index (κ2) is 6.21. The maximum atomic E-state index is 2.42. The summed E-state index contributed by atoms with van der Waals surface area (Å²) < 4.78 is 0. The van der Waals surface area contributed by atoms with Crippen molar-refractivity contribution < 1.29 is 0 Å². The van der Waals surface area contributed by atoms with Gasteiger partial charge in [-0.2, -0.15) is 0 Å². The van der Waals surface area contributed by atoms with E-state index in [4.69, 9.17) is 0 Å². The van der Waals surface area contributed by atoms with Gasteiger partial charge in [0.2, 0.25) is 0 Å². The summed E-state index contributed by atoms with van der Waals surface area (Å²) in [4.78, 5) is 0. The van der Waals surface area contributed by atoms with Gasteiger partial charge in [0.15, 0.2) is 0 Å². The molecule has 1 radical (unpaired) electrons. The van der Waals surface area contributed by atoms with E-state index < -0.39 is 0 Å². The van der Waals surface area contributed by atoms with Gasteiger partial charge in [-0.1, -0.05) is 24.3 Å². The van der Waals surface area contributed by atoms with E-state index in [1.54, 1.807) is 0 Å². The molecule has 0 atom stereocenters. The van der Waals surface area contributed by atoms with Crippen molar-refractivity contribution in [1.82, 2.24) is 0 Å². The van der Waals surface area contributed by atoms with Crippen LogP contribution in [0.5, 0.6) is 0 Å². The summed E-state index contributed by atoms with van der Waals surface area (Å²) in [6.45, 7) is 0. The molecular formula is C11H17. The summed E-state index contributed by atoms with van der Waals surface area (Å²) in [6.07, 6.45) is 19.0. The van der Waals surface area contributed by atoms with E-state index in [-0.39, 0.29) is 0 Å². The Hall–Kier alpha value is -0.520. The Morgan fingerprint density at radius 2 is 1.18 bits per heavy atom. The zero-order chi connectivity index (χ0) is 7.78. The van der Waals surface area contributed by atoms with Crippen LogP contribution in [0.2, 0.25) is 0 Å². The predicted octanol–water partition coefficient (Wildman–Crippen LogP) is 3.66. The molecule has 0 unspecified atom stereocenters. The highest BCUT2D eigenvalue weighted by molar-refractivity contribution is 5.02. The number of allylic oxidation sites excluding steroid dienone is 4. The van der Waals surface area contributed by atoms with E-state index in [2.05, 4.69) is 30.7 Å². The summed E-state index contributed by atoms with van der Waals surface area (Å²) in [5, 5.41) is 0. The lowest BCUT2D eigenvalue weighted by atomic mass is 10.1. The molecule has 0 aliphatic heterocycles. The highest BCUT2D eigenvalue weighted by Gasteiger charge is 1.89. The average Bonchev–Trinajstić information content (AvgIpc) is 2.08. The molecule has 11 heavy (non-hydrogen) atoms. The Labute approximate surface area is 70.0 Å². The quantitative estimate of drug-likeness (QED) is 0.493. The molecule has 0 bridgehead atoms. The molecule has 0 N–H and O–H groups in total. The molecule has 0 aromatic rings. The zero-order valence-corrected chi connectivity index (χ0v) is 7.13. The average molecular weight is 149 g/mol. The van der Waals surface area contributed by atoms with Crippen LogP contribution >= 0.6 is 0 Å². The molecule has 0 aromatic heterocycles. The third kappa shape index (κ3) is 4.83. The van der Waals surface area contributed by atoms with Gasteiger partial charge in [-0.25, -0.2) is 0 Å². The maximum Gasteiger partial charge on any atom is -0.0348 e. The number of rotatable bonds is 0. The second-order valence-corrected chi connectivity index (χ2v) is 3.01. The van der Waals surface area contributed by atoms with Crippen molar-refractivity contribution in [3.63, 3.8) is 0 Å². The van der Waals surface area contributed by atoms with Gasteiger partial charge in [-0.3, -0.25) is 0 Å². The lowest BCUT2D eigenvalue weighted by Gasteiger charge is -1.96. The summed E-state index contributed by atoms with van der Waals surface area (Å²) in [5.41, 5.74) is 0. The topological polar surface area (TPSA) is 0 Å². The Bertz CT molecular complexity index is 115. The maximum absolute atomic E-state index is 2.42. The molecule has 1 aliphatic rings. The van der Waals surface area contributed by atoms with Crippen LogP contribution < -0.4 is 0 Å². The minimum absolute atomic E-state index is 1.24. The smallest absolute Gasteiger partial charge is 0.0348 e. The second-order valence-electron chi connectivity index (χ2n) is 3.01. The van der Waals surface area contributed by atoms with Gasteiger partial charge in [0.25, 0.3) is 0 Å². The summed E-state index contributed by atoms with van der Waals surface area (Å²) in [7, 11) is 0. The van der Waals surface area contributed by atoms with Gasteiger partial charge in [-0.15, -0.1) is 0 Å². The van der Waals surface area contributed by atoms with Crippen molar-refractivity contribution in [3.05, 3.63) is 30.7 Å². The van der Waals surface area contributed by atoms with E-state index >= 15 is 0 Å². The van der Waals surface area contributed by atoms with Crippen LogP contribution in [0.15, 0.2) is 24.3 Å². The monoisotopic (exact) mass is 149 g/mol. The van der Waals surface area contributed by atoms with Crippen molar-refractivity contribution in [2.45, 2.75) is 38.5 Å². The SMILES string of the molecule is [CH]1CCC/C=C\C=C/CCC1. The van der Waals surface area contributed by atoms with E-state index in [9.17, 15) is 0 Å². The Kier molecular flexibility index (Phi) is 4.84. The fourth-order valence-electron chi connectivity index (χ4n) is 1.25. The first-order valence-electron chi connectivity index (χ1n) is 4.63. The van der Waals surface area contributed by atoms with Gasteiger partial charge in [-0.05, 0) is 44.9 Å². The number of hydrogen-bond donors (Lipinski definition) is 0. The van der Waals surface area contributed by atoms with Gasteiger partial charge in [0, 0.05) is 0 Å². The predicted molar refractivity (Wildman–Crippen MR) is 50.3 cm³/mol. The van der Waals surface area contributed by atoms with E-state index in [0.29, 0.717) is 0 Å². The number of hydrogen-bond acceptors (Lipinski definition) is 0. The molecule has 0 spiro atoms. The van der Waals surface area contributed by atoms with Gasteiger partial charge >= 0.3 is 0 Å². The lowest BCUT2D eigenvalue weighted by Crippen LogP contribution is -1.78. The van der Waals surface area contributed by atoms with Gasteiger partial charge in [0.05, 0.1) is 0 Å². The van der Waals surface area contributed by atoms with Crippen molar-refractivity contribution >= 4 is 0 Å². The zero-order valence-electron chi connectivity index (χ0n) is 7.13. The fraction of sp³-hybridized carbons (Fsp3) is 0.545. The van der Waals surface area contributed by atoms with Crippen molar-refractivity contribution in [2.75, 3.05) is 0 Å². The van der Waals surface area contributed by atoms with E-state index in [0.717, 1.165) is 0 Å². The van der Waals surface area contributed by atoms with Gasteiger partial charge < -0.3 is 0 Å². The molecular weight excluding hydrogens is 132 g/mol. The standard InChI is InChI=1S/C11H17/c1-2-4-6-8-10-11-9-7-5-3-1/h1-4,11H,5-10H2/b3-1-,4-2-. The normalized spacial score (nSPS) is 26.9. The molecule has 0 amide bonds. The molecule has 0 heteroatoms. The molecule has 0 aromatic carbocycles. The molecule has 0 saturated heterocycles. The molecule has 0 saturated carbocycles. The summed E-state index contributed by atoms with van der Waals surface area (Å²) in [6, 6.07) is 0. The highest BCUT2D eigenvalue weighted by atomic mass is 14.0. The Morgan fingerprint density at radius 3 is 1.73 bits per heavy atom. The van der Waals surface area contributed by atoms with Crippen molar-refractivity contribution in [1.29, 1.82) is 0 Å². The summed E-state index contributed by atoms with van der Waals surface area (Å²) in [5.74, 6) is 0. The van der Waals surface area contributed by atoms with E-state index in [1.807, 2.05) is 0 Å². The third-order valence-electron chi connectivity index (χ3n) is 1.94. The molecule has 61 valence electrons. The molecule has 0 fully saturated rings. The van der Waals surface area contributed by atoms with Crippen LogP contribution in [0.3, 0.4) is 0 Å². The van der Waals surface area contributed by atoms with Crippen LogP contribution in [-0.4, -0.2) is 0 Å². The Morgan fingerprint density at radius 1 is 0.636 bits per heavy atom. The molecule has 1 rings (SSSR count). The Balaban J connectivity index is 2.22. The van der Waals surface area contributed by atoms with Gasteiger partial charge in [0.1, 0.15) is 0 Å². The van der Waals surface area contributed by atoms with Crippen LogP contribution in [0.1, 0.15) is 38.5 Å². The molecule has 1 aliphatic carbocycles. The fourth-order valence-corrected chi connectivity index (χ4v) is 1.25. The van der Waals surface area contributed by atoms with Crippen LogP contribution in [-0.2, 0) is 0 Å². The summed E-state index contributed by atoms with van der Waals surface area (Å²) >= 11 is 0. The minimum atomic E-state index is 1.24. The lowest BCUT2D eigenvalue weighted by molar-refractivity contribution is 0.742. The molecule has 0 heterocycles. The van der Waals surface area contributed by atoms with E-state index in [1.165, 1.54) is 38.5 Å². The third-order valence-corrected chi connectivity index (χ3v) is 1.94. The highest BCUT2D eigenvalue weighted by Crippen LogP contribution is 2.08. The van der Waals surface area contributed by atoms with Crippen molar-refractivity contribution in [2.24, 2.45) is 0 Å². The minimum Gasteiger partial charge on any atom is -0.0845 e. The first-order valence-corrected chi connectivity index (χ1v) is 4.63. The van der Waals surface area contributed by atoms with Crippen molar-refractivity contribution in [3.8, 4) is 0 Å².